The van der Waals surface area contributed by atoms with Crippen molar-refractivity contribution in [1.29, 1.82) is 0 Å². The summed E-state index contributed by atoms with van der Waals surface area (Å²) in [4.78, 5) is 14.3. The van der Waals surface area contributed by atoms with Gasteiger partial charge in [0.2, 0.25) is 0 Å². The summed E-state index contributed by atoms with van der Waals surface area (Å²) in [7, 11) is 2.09. The van der Waals surface area contributed by atoms with E-state index in [9.17, 15) is 4.79 Å². The summed E-state index contributed by atoms with van der Waals surface area (Å²) in [6.45, 7) is 1.85. The molecule has 0 saturated carbocycles. The van der Waals surface area contributed by atoms with E-state index in [1.165, 1.54) is 5.56 Å². The summed E-state index contributed by atoms with van der Waals surface area (Å²) in [6, 6.07) is 20.1. The van der Waals surface area contributed by atoms with Gasteiger partial charge < -0.3 is 4.90 Å². The number of Topliss-reactive ketones (excluding diaryl/α,β-unsaturated/α-hetero) is 1. The third-order valence-corrected chi connectivity index (χ3v) is 3.66. The summed E-state index contributed by atoms with van der Waals surface area (Å²) < 4.78 is 0. The predicted molar refractivity (Wildman–Crippen MR) is 87.6 cm³/mol. The topological polar surface area (TPSA) is 20.3 Å². The minimum absolute atomic E-state index is 0.227. The lowest BCUT2D eigenvalue weighted by atomic mass is 10.1. The van der Waals surface area contributed by atoms with E-state index in [-0.39, 0.29) is 5.78 Å². The zero-order valence-electron chi connectivity index (χ0n) is 12.7. The van der Waals surface area contributed by atoms with Gasteiger partial charge in [-0.15, -0.1) is 0 Å². The Labute approximate surface area is 127 Å². The molecule has 0 N–H and O–H groups in total. The minimum Gasteiger partial charge on any atom is -0.306 e. The first-order valence-electron chi connectivity index (χ1n) is 7.56. The van der Waals surface area contributed by atoms with Gasteiger partial charge in [-0.2, -0.15) is 0 Å². The van der Waals surface area contributed by atoms with Crippen LogP contribution >= 0.6 is 0 Å². The van der Waals surface area contributed by atoms with Crippen LogP contribution in [0.5, 0.6) is 0 Å². The van der Waals surface area contributed by atoms with Crippen LogP contribution in [0.3, 0.4) is 0 Å². The van der Waals surface area contributed by atoms with E-state index in [0.29, 0.717) is 6.42 Å². The maximum absolute atomic E-state index is 12.0. The molecule has 0 aromatic heterocycles. The van der Waals surface area contributed by atoms with Crippen molar-refractivity contribution in [2.24, 2.45) is 0 Å². The average Bonchev–Trinajstić information content (AvgIpc) is 2.54. The molecule has 0 atom stereocenters. The fourth-order valence-corrected chi connectivity index (χ4v) is 2.37. The van der Waals surface area contributed by atoms with Crippen LogP contribution in [0.2, 0.25) is 0 Å². The first kappa shape index (κ1) is 15.5. The molecule has 0 aliphatic rings. The van der Waals surface area contributed by atoms with Crippen molar-refractivity contribution in [2.75, 3.05) is 20.1 Å². The second-order valence-corrected chi connectivity index (χ2v) is 5.43. The third-order valence-electron chi connectivity index (χ3n) is 3.66. The Morgan fingerprint density at radius 3 is 2.19 bits per heavy atom. The highest BCUT2D eigenvalue weighted by atomic mass is 16.1. The van der Waals surface area contributed by atoms with Crippen LogP contribution in [-0.4, -0.2) is 30.8 Å². The highest BCUT2D eigenvalue weighted by Crippen LogP contribution is 2.05. The molecule has 0 fully saturated rings. The standard InChI is InChI=1S/C19H23NO/c1-20(15-8-11-17-9-4-2-5-10-17)16-14-19(21)18-12-6-3-7-13-18/h2-7,9-10,12-13H,8,11,14-16H2,1H3. The number of carbonyl (C=O) groups excluding carboxylic acids is 1. The summed E-state index contributed by atoms with van der Waals surface area (Å²) >= 11 is 0. The van der Waals surface area contributed by atoms with E-state index in [2.05, 4.69) is 36.2 Å². The summed E-state index contributed by atoms with van der Waals surface area (Å²) in [5.74, 6) is 0.227. The van der Waals surface area contributed by atoms with Crippen molar-refractivity contribution in [3.8, 4) is 0 Å². The van der Waals surface area contributed by atoms with Gasteiger partial charge in [0, 0.05) is 18.5 Å². The van der Waals surface area contributed by atoms with Crippen LogP contribution in [0, 0.1) is 0 Å². The second kappa shape index (κ2) is 8.38. The number of carbonyl (C=O) groups is 1. The Morgan fingerprint density at radius 2 is 1.52 bits per heavy atom. The largest absolute Gasteiger partial charge is 0.306 e. The number of aryl methyl sites for hydroxylation is 1. The molecule has 0 heterocycles. The third kappa shape index (κ3) is 5.52. The van der Waals surface area contributed by atoms with Crippen molar-refractivity contribution in [3.05, 3.63) is 71.8 Å². The molecule has 110 valence electrons. The molecule has 2 aromatic carbocycles. The molecule has 2 aromatic rings. The van der Waals surface area contributed by atoms with Crippen LogP contribution in [0.15, 0.2) is 60.7 Å². The van der Waals surface area contributed by atoms with Crippen molar-refractivity contribution in [2.45, 2.75) is 19.3 Å². The van der Waals surface area contributed by atoms with Gasteiger partial charge in [0.25, 0.3) is 0 Å². The number of benzene rings is 2. The van der Waals surface area contributed by atoms with Gasteiger partial charge in [0.05, 0.1) is 0 Å². The molecule has 0 amide bonds. The smallest absolute Gasteiger partial charge is 0.164 e. The van der Waals surface area contributed by atoms with Crippen LogP contribution in [-0.2, 0) is 6.42 Å². The van der Waals surface area contributed by atoms with Gasteiger partial charge in [-0.3, -0.25) is 4.79 Å². The number of hydrogen-bond acceptors (Lipinski definition) is 2. The second-order valence-electron chi connectivity index (χ2n) is 5.43. The van der Waals surface area contributed by atoms with E-state index in [1.54, 1.807) is 0 Å². The van der Waals surface area contributed by atoms with Crippen LogP contribution < -0.4 is 0 Å². The van der Waals surface area contributed by atoms with E-state index in [1.807, 2.05) is 36.4 Å². The SMILES string of the molecule is CN(CCCc1ccccc1)CCC(=O)c1ccccc1. The van der Waals surface area contributed by atoms with Gasteiger partial charge in [-0.25, -0.2) is 0 Å². The highest BCUT2D eigenvalue weighted by molar-refractivity contribution is 5.96. The fraction of sp³-hybridized carbons (Fsp3) is 0.316. The molecule has 2 heteroatoms. The number of nitrogens with zero attached hydrogens (tertiary/aromatic N) is 1. The molecular formula is C19H23NO. The zero-order valence-corrected chi connectivity index (χ0v) is 12.7. The van der Waals surface area contributed by atoms with Crippen LogP contribution in [0.25, 0.3) is 0 Å². The zero-order chi connectivity index (χ0) is 14.9. The van der Waals surface area contributed by atoms with Crippen molar-refractivity contribution in [3.63, 3.8) is 0 Å². The summed E-state index contributed by atoms with van der Waals surface area (Å²) in [6.07, 6.45) is 2.81. The van der Waals surface area contributed by atoms with Crippen LogP contribution in [0.1, 0.15) is 28.8 Å². The van der Waals surface area contributed by atoms with E-state index < -0.39 is 0 Å². The Hall–Kier alpha value is -1.93. The van der Waals surface area contributed by atoms with Crippen molar-refractivity contribution in [1.82, 2.24) is 4.90 Å². The quantitative estimate of drug-likeness (QED) is 0.686. The minimum atomic E-state index is 0.227. The number of ketones is 1. The monoisotopic (exact) mass is 281 g/mol. The van der Waals surface area contributed by atoms with Crippen molar-refractivity contribution >= 4 is 5.78 Å². The first-order chi connectivity index (χ1) is 10.3. The van der Waals surface area contributed by atoms with Crippen LogP contribution in [0.4, 0.5) is 0 Å². The maximum Gasteiger partial charge on any atom is 0.164 e. The Kier molecular flexibility index (Phi) is 6.17. The molecule has 2 rings (SSSR count). The lowest BCUT2D eigenvalue weighted by molar-refractivity contribution is 0.0969. The molecule has 0 spiro atoms. The van der Waals surface area contributed by atoms with E-state index >= 15 is 0 Å². The Balaban J connectivity index is 1.66. The molecular weight excluding hydrogens is 258 g/mol. The van der Waals surface area contributed by atoms with Gasteiger partial charge in [-0.05, 0) is 32.0 Å². The van der Waals surface area contributed by atoms with Gasteiger partial charge in [-0.1, -0.05) is 60.7 Å². The molecule has 0 radical (unpaired) electrons. The van der Waals surface area contributed by atoms with Gasteiger partial charge in [0.1, 0.15) is 0 Å². The maximum atomic E-state index is 12.0. The highest BCUT2D eigenvalue weighted by Gasteiger charge is 2.06. The van der Waals surface area contributed by atoms with Gasteiger partial charge in [0.15, 0.2) is 5.78 Å². The first-order valence-corrected chi connectivity index (χ1v) is 7.56. The molecule has 0 saturated heterocycles. The predicted octanol–water partition coefficient (Wildman–Crippen LogP) is 3.82. The average molecular weight is 281 g/mol. The molecule has 0 unspecified atom stereocenters. The number of rotatable bonds is 8. The lowest BCUT2D eigenvalue weighted by Crippen LogP contribution is -2.23. The van der Waals surface area contributed by atoms with E-state index in [4.69, 9.17) is 0 Å². The fourth-order valence-electron chi connectivity index (χ4n) is 2.37. The lowest BCUT2D eigenvalue weighted by Gasteiger charge is -2.16. The van der Waals surface area contributed by atoms with Gasteiger partial charge >= 0.3 is 0 Å². The Bertz CT molecular complexity index is 536. The molecule has 0 aliphatic carbocycles. The Morgan fingerprint density at radius 1 is 0.905 bits per heavy atom. The van der Waals surface area contributed by atoms with Crippen molar-refractivity contribution < 1.29 is 4.79 Å². The molecule has 2 nitrogen and oxygen atoms in total. The summed E-state index contributed by atoms with van der Waals surface area (Å²) in [5, 5.41) is 0. The van der Waals surface area contributed by atoms with E-state index in [0.717, 1.165) is 31.5 Å². The molecule has 0 aliphatic heterocycles. The number of hydrogen-bond donors (Lipinski definition) is 0. The summed E-state index contributed by atoms with van der Waals surface area (Å²) in [5.41, 5.74) is 2.20. The molecule has 21 heavy (non-hydrogen) atoms. The normalized spacial score (nSPS) is 10.8. The molecule has 0 bridgehead atoms.